The Labute approximate surface area is 134 Å². The molecule has 0 unspecified atom stereocenters. The van der Waals surface area contributed by atoms with E-state index in [0.717, 1.165) is 0 Å². The van der Waals surface area contributed by atoms with Gasteiger partial charge in [0.15, 0.2) is 23.1 Å². The van der Waals surface area contributed by atoms with Crippen LogP contribution in [0.25, 0.3) is 0 Å². The van der Waals surface area contributed by atoms with Crippen LogP contribution in [0.4, 0.5) is 8.78 Å². The first-order valence-corrected chi connectivity index (χ1v) is 6.58. The van der Waals surface area contributed by atoms with E-state index in [2.05, 4.69) is 0 Å². The quantitative estimate of drug-likeness (QED) is 0.902. The lowest BCUT2D eigenvalue weighted by molar-refractivity contribution is 0.0996. The second-order valence-electron chi connectivity index (χ2n) is 4.15. The molecule has 0 aliphatic heterocycles. The standard InChI is InChI=1S/C14H9Cl2F2NO3/c1-21-12-3-7(15)8(16)4-13(12)22-11-5-9(17)6(14(19)20)2-10(11)18/h2-5H,1H3,(H2,19,20). The molecule has 2 N–H and O–H groups in total. The van der Waals surface area contributed by atoms with Crippen LogP contribution in [-0.4, -0.2) is 13.0 Å². The van der Waals surface area contributed by atoms with E-state index in [1.165, 1.54) is 19.2 Å². The van der Waals surface area contributed by atoms with Gasteiger partial charge in [0.1, 0.15) is 5.82 Å². The number of halogens is 4. The monoisotopic (exact) mass is 347 g/mol. The molecule has 2 aromatic carbocycles. The number of hydrogen-bond acceptors (Lipinski definition) is 3. The van der Waals surface area contributed by atoms with Gasteiger partial charge in [0.2, 0.25) is 0 Å². The Bertz CT molecular complexity index is 753. The van der Waals surface area contributed by atoms with Crippen molar-refractivity contribution in [1.82, 2.24) is 0 Å². The molecule has 22 heavy (non-hydrogen) atoms. The van der Waals surface area contributed by atoms with Gasteiger partial charge in [-0.25, -0.2) is 8.78 Å². The minimum absolute atomic E-state index is 0.0297. The zero-order chi connectivity index (χ0) is 16.4. The van der Waals surface area contributed by atoms with Crippen molar-refractivity contribution < 1.29 is 23.0 Å². The summed E-state index contributed by atoms with van der Waals surface area (Å²) >= 11 is 11.7. The molecular formula is C14H9Cl2F2NO3. The number of amides is 1. The first kappa shape index (κ1) is 16.3. The average molecular weight is 348 g/mol. The fraction of sp³-hybridized carbons (Fsp3) is 0.0714. The molecule has 0 atom stereocenters. The fourth-order valence-corrected chi connectivity index (χ4v) is 1.97. The Morgan fingerprint density at radius 2 is 1.59 bits per heavy atom. The van der Waals surface area contributed by atoms with Gasteiger partial charge in [0.05, 0.1) is 22.7 Å². The lowest BCUT2D eigenvalue weighted by atomic mass is 10.2. The molecule has 0 spiro atoms. The number of carbonyl (C=O) groups is 1. The lowest BCUT2D eigenvalue weighted by Crippen LogP contribution is -2.13. The van der Waals surface area contributed by atoms with Gasteiger partial charge in [-0.2, -0.15) is 0 Å². The van der Waals surface area contributed by atoms with E-state index in [1.54, 1.807) is 0 Å². The molecule has 0 radical (unpaired) electrons. The highest BCUT2D eigenvalue weighted by molar-refractivity contribution is 6.42. The third-order valence-corrected chi connectivity index (χ3v) is 3.44. The topological polar surface area (TPSA) is 61.6 Å². The van der Waals surface area contributed by atoms with Crippen LogP contribution in [0, 0.1) is 11.6 Å². The van der Waals surface area contributed by atoms with Crippen molar-refractivity contribution in [3.8, 4) is 17.2 Å². The number of ether oxygens (including phenoxy) is 2. The third kappa shape index (κ3) is 3.23. The van der Waals surface area contributed by atoms with E-state index < -0.39 is 28.9 Å². The lowest BCUT2D eigenvalue weighted by Gasteiger charge is -2.12. The predicted molar refractivity (Wildman–Crippen MR) is 78.0 cm³/mol. The zero-order valence-electron chi connectivity index (χ0n) is 11.1. The van der Waals surface area contributed by atoms with Gasteiger partial charge < -0.3 is 15.2 Å². The minimum atomic E-state index is -1.09. The maximum absolute atomic E-state index is 13.9. The summed E-state index contributed by atoms with van der Waals surface area (Å²) in [6.07, 6.45) is 0. The van der Waals surface area contributed by atoms with Crippen molar-refractivity contribution in [1.29, 1.82) is 0 Å². The fourth-order valence-electron chi connectivity index (χ4n) is 1.66. The number of benzene rings is 2. The molecular weight excluding hydrogens is 339 g/mol. The summed E-state index contributed by atoms with van der Waals surface area (Å²) < 4.78 is 37.9. The first-order chi connectivity index (χ1) is 10.3. The molecule has 0 fully saturated rings. The molecule has 1 amide bonds. The van der Waals surface area contributed by atoms with Crippen LogP contribution in [0.3, 0.4) is 0 Å². The van der Waals surface area contributed by atoms with E-state index in [4.69, 9.17) is 38.4 Å². The molecule has 0 saturated carbocycles. The maximum Gasteiger partial charge on any atom is 0.251 e. The number of carbonyl (C=O) groups excluding carboxylic acids is 1. The Hall–Kier alpha value is -2.05. The zero-order valence-corrected chi connectivity index (χ0v) is 12.6. The molecule has 8 heteroatoms. The normalized spacial score (nSPS) is 10.4. The molecule has 0 aromatic heterocycles. The summed E-state index contributed by atoms with van der Waals surface area (Å²) in [5, 5.41) is 0.355. The number of methoxy groups -OCH3 is 1. The molecule has 2 rings (SSSR count). The summed E-state index contributed by atoms with van der Waals surface area (Å²) in [7, 11) is 1.35. The van der Waals surface area contributed by atoms with Gasteiger partial charge in [-0.05, 0) is 6.07 Å². The van der Waals surface area contributed by atoms with E-state index in [9.17, 15) is 13.6 Å². The van der Waals surface area contributed by atoms with Gasteiger partial charge >= 0.3 is 0 Å². The van der Waals surface area contributed by atoms with Gasteiger partial charge in [0.25, 0.3) is 5.91 Å². The van der Waals surface area contributed by atoms with Crippen LogP contribution in [-0.2, 0) is 0 Å². The van der Waals surface area contributed by atoms with Crippen LogP contribution in [0.5, 0.6) is 17.2 Å². The molecule has 0 aliphatic carbocycles. The highest BCUT2D eigenvalue weighted by Crippen LogP contribution is 2.39. The van der Waals surface area contributed by atoms with E-state index in [0.29, 0.717) is 12.1 Å². The highest BCUT2D eigenvalue weighted by Gasteiger charge is 2.17. The highest BCUT2D eigenvalue weighted by atomic mass is 35.5. The number of hydrogen-bond donors (Lipinski definition) is 1. The molecule has 0 saturated heterocycles. The SMILES string of the molecule is COc1cc(Cl)c(Cl)cc1Oc1cc(F)c(C(N)=O)cc1F. The average Bonchev–Trinajstić information content (AvgIpc) is 2.45. The number of nitrogens with two attached hydrogens (primary N) is 1. The van der Waals surface area contributed by atoms with Crippen molar-refractivity contribution in [2.75, 3.05) is 7.11 Å². The minimum Gasteiger partial charge on any atom is -0.493 e. The van der Waals surface area contributed by atoms with E-state index in [-0.39, 0.29) is 21.5 Å². The Morgan fingerprint density at radius 3 is 2.14 bits per heavy atom. The predicted octanol–water partition coefficient (Wildman–Crippen LogP) is 4.17. The number of primary amides is 1. The largest absolute Gasteiger partial charge is 0.493 e. The first-order valence-electron chi connectivity index (χ1n) is 5.83. The van der Waals surface area contributed by atoms with Gasteiger partial charge in [-0.1, -0.05) is 23.2 Å². The van der Waals surface area contributed by atoms with Crippen LogP contribution < -0.4 is 15.2 Å². The Balaban J connectivity index is 2.45. The van der Waals surface area contributed by atoms with Gasteiger partial charge in [-0.3, -0.25) is 4.79 Å². The summed E-state index contributed by atoms with van der Waals surface area (Å²) in [6, 6.07) is 4.02. The van der Waals surface area contributed by atoms with Crippen LogP contribution in [0.2, 0.25) is 10.0 Å². The molecule has 0 bridgehead atoms. The van der Waals surface area contributed by atoms with Crippen molar-refractivity contribution in [2.24, 2.45) is 5.73 Å². The summed E-state index contributed by atoms with van der Waals surface area (Å²) in [6.45, 7) is 0. The summed E-state index contributed by atoms with van der Waals surface area (Å²) in [5.74, 6) is -3.32. The Kier molecular flexibility index (Phi) is 4.73. The van der Waals surface area contributed by atoms with Crippen molar-refractivity contribution in [2.45, 2.75) is 0 Å². The smallest absolute Gasteiger partial charge is 0.251 e. The second kappa shape index (κ2) is 6.37. The van der Waals surface area contributed by atoms with Gasteiger partial charge in [0, 0.05) is 18.2 Å². The number of rotatable bonds is 4. The second-order valence-corrected chi connectivity index (χ2v) is 4.96. The van der Waals surface area contributed by atoms with Crippen LogP contribution in [0.1, 0.15) is 10.4 Å². The van der Waals surface area contributed by atoms with Gasteiger partial charge in [-0.15, -0.1) is 0 Å². The molecule has 4 nitrogen and oxygen atoms in total. The van der Waals surface area contributed by atoms with E-state index in [1.807, 2.05) is 0 Å². The van der Waals surface area contributed by atoms with E-state index >= 15 is 0 Å². The molecule has 116 valence electrons. The summed E-state index contributed by atoms with van der Waals surface area (Å²) in [4.78, 5) is 10.9. The molecule has 0 aliphatic rings. The van der Waals surface area contributed by atoms with Crippen LogP contribution in [0.15, 0.2) is 24.3 Å². The van der Waals surface area contributed by atoms with Crippen molar-refractivity contribution in [3.05, 3.63) is 51.5 Å². The third-order valence-electron chi connectivity index (χ3n) is 2.71. The molecule has 2 aromatic rings. The van der Waals surface area contributed by atoms with Crippen molar-refractivity contribution in [3.63, 3.8) is 0 Å². The van der Waals surface area contributed by atoms with Crippen molar-refractivity contribution >= 4 is 29.1 Å². The maximum atomic E-state index is 13.9. The van der Waals surface area contributed by atoms with Crippen LogP contribution >= 0.6 is 23.2 Å². The summed E-state index contributed by atoms with van der Waals surface area (Å²) in [5.41, 5.74) is 4.35. The molecule has 0 heterocycles. The Morgan fingerprint density at radius 1 is 1.00 bits per heavy atom.